The second-order valence-electron chi connectivity index (χ2n) is 6.33. The second kappa shape index (κ2) is 7.04. The fraction of sp³-hybridized carbons (Fsp3) is 0.400. The van der Waals surface area contributed by atoms with E-state index in [0.717, 1.165) is 36.2 Å². The Bertz CT molecular complexity index is 891. The van der Waals surface area contributed by atoms with E-state index in [2.05, 4.69) is 28.6 Å². The highest BCUT2D eigenvalue weighted by Gasteiger charge is 2.18. The van der Waals surface area contributed by atoms with Crippen LogP contribution in [0.1, 0.15) is 48.9 Å². The third-order valence-corrected chi connectivity index (χ3v) is 4.62. The second-order valence-corrected chi connectivity index (χ2v) is 6.33. The van der Waals surface area contributed by atoms with Gasteiger partial charge in [-0.3, -0.25) is 0 Å². The van der Waals surface area contributed by atoms with Gasteiger partial charge in [0, 0.05) is 18.7 Å². The summed E-state index contributed by atoms with van der Waals surface area (Å²) in [6, 6.07) is 10.2. The Morgan fingerprint density at radius 1 is 1.12 bits per heavy atom. The molecule has 0 aliphatic carbocycles. The largest absolute Gasteiger partial charge is 0.408 e. The first-order valence-electron chi connectivity index (χ1n) is 8.65. The van der Waals surface area contributed by atoms with Gasteiger partial charge in [0.05, 0.1) is 0 Å². The van der Waals surface area contributed by atoms with Gasteiger partial charge in [-0.05, 0) is 31.4 Å². The fourth-order valence-corrected chi connectivity index (χ4v) is 3.10. The van der Waals surface area contributed by atoms with Crippen LogP contribution in [-0.2, 0) is 13.0 Å². The first-order chi connectivity index (χ1) is 11.6. The molecule has 2 heterocycles. The van der Waals surface area contributed by atoms with Crippen LogP contribution in [0.25, 0.3) is 11.0 Å². The first-order valence-corrected chi connectivity index (χ1v) is 8.65. The Kier molecular flexibility index (Phi) is 4.84. The van der Waals surface area contributed by atoms with Crippen molar-refractivity contribution in [2.45, 2.75) is 53.0 Å². The number of unbranched alkanes of at least 4 members (excludes halogenated alkanes) is 2. The molecule has 3 aromatic rings. The summed E-state index contributed by atoms with van der Waals surface area (Å²) >= 11 is 0. The normalized spacial score (nSPS) is 11.3. The van der Waals surface area contributed by atoms with E-state index in [-0.39, 0.29) is 5.63 Å². The molecule has 0 N–H and O–H groups in total. The van der Waals surface area contributed by atoms with Gasteiger partial charge in [0.1, 0.15) is 5.39 Å². The molecule has 0 atom stereocenters. The minimum atomic E-state index is -0.265. The molecule has 2 aromatic heterocycles. The van der Waals surface area contributed by atoms with Gasteiger partial charge in [0.25, 0.3) is 0 Å². The van der Waals surface area contributed by atoms with Gasteiger partial charge >= 0.3 is 5.63 Å². The first kappa shape index (κ1) is 16.5. The molecule has 1 aromatic carbocycles. The molecule has 126 valence electrons. The molecule has 0 aliphatic rings. The van der Waals surface area contributed by atoms with E-state index < -0.39 is 0 Å². The maximum Gasteiger partial charge on any atom is 0.348 e. The number of nitrogens with zero attached hydrogens (tertiary/aromatic N) is 2. The molecule has 0 spiro atoms. The van der Waals surface area contributed by atoms with Gasteiger partial charge in [-0.25, -0.2) is 4.79 Å². The molecule has 0 aliphatic heterocycles. The summed E-state index contributed by atoms with van der Waals surface area (Å²) in [6.45, 7) is 6.87. The van der Waals surface area contributed by atoms with Gasteiger partial charge in [0.2, 0.25) is 5.89 Å². The number of benzene rings is 1. The van der Waals surface area contributed by atoms with Crippen LogP contribution in [0.3, 0.4) is 0 Å². The minimum absolute atomic E-state index is 0.265. The van der Waals surface area contributed by atoms with Crippen molar-refractivity contribution in [2.75, 3.05) is 0 Å². The van der Waals surface area contributed by atoms with E-state index in [1.165, 1.54) is 5.56 Å². The smallest absolute Gasteiger partial charge is 0.348 e. The molecule has 0 bridgehead atoms. The molecule has 3 rings (SSSR count). The van der Waals surface area contributed by atoms with Crippen LogP contribution >= 0.6 is 0 Å². The van der Waals surface area contributed by atoms with Gasteiger partial charge < -0.3 is 8.98 Å². The topological polar surface area (TPSA) is 48.0 Å². The van der Waals surface area contributed by atoms with E-state index in [1.54, 1.807) is 0 Å². The van der Waals surface area contributed by atoms with Crippen molar-refractivity contribution in [3.8, 4) is 0 Å². The lowest BCUT2D eigenvalue weighted by Gasteiger charge is -2.08. The van der Waals surface area contributed by atoms with Gasteiger partial charge in [-0.2, -0.15) is 4.98 Å². The van der Waals surface area contributed by atoms with Gasteiger partial charge in [0.15, 0.2) is 5.65 Å². The molecule has 24 heavy (non-hydrogen) atoms. The SMILES string of the molecule is CCCCCc1nc2c(c(C)c(C)n2Cc2ccccc2)c(=O)o1. The molecule has 4 nitrogen and oxygen atoms in total. The molecular weight excluding hydrogens is 300 g/mol. The van der Waals surface area contributed by atoms with E-state index in [0.29, 0.717) is 24.2 Å². The summed E-state index contributed by atoms with van der Waals surface area (Å²) in [4.78, 5) is 17.1. The van der Waals surface area contributed by atoms with E-state index in [4.69, 9.17) is 4.42 Å². The van der Waals surface area contributed by atoms with Crippen LogP contribution in [-0.4, -0.2) is 9.55 Å². The molecular formula is C20H24N2O2. The third kappa shape index (κ3) is 3.14. The molecule has 0 amide bonds. The summed E-state index contributed by atoms with van der Waals surface area (Å²) in [5.74, 6) is 0.549. The Hall–Kier alpha value is -2.36. The summed E-state index contributed by atoms with van der Waals surface area (Å²) in [6.07, 6.45) is 3.96. The van der Waals surface area contributed by atoms with Crippen molar-refractivity contribution in [1.29, 1.82) is 0 Å². The van der Waals surface area contributed by atoms with Crippen LogP contribution in [0.5, 0.6) is 0 Å². The van der Waals surface area contributed by atoms with Crippen molar-refractivity contribution in [1.82, 2.24) is 9.55 Å². The fourth-order valence-electron chi connectivity index (χ4n) is 3.10. The summed E-state index contributed by atoms with van der Waals surface area (Å²) < 4.78 is 7.58. The molecule has 0 saturated carbocycles. The quantitative estimate of drug-likeness (QED) is 0.632. The molecule has 0 saturated heterocycles. The zero-order chi connectivity index (χ0) is 17.1. The predicted octanol–water partition coefficient (Wildman–Crippen LogP) is 4.39. The number of hydrogen-bond acceptors (Lipinski definition) is 3. The Morgan fingerprint density at radius 2 is 1.88 bits per heavy atom. The van der Waals surface area contributed by atoms with Crippen LogP contribution in [0.4, 0.5) is 0 Å². The molecule has 0 fully saturated rings. The van der Waals surface area contributed by atoms with Crippen molar-refractivity contribution >= 4 is 11.0 Å². The van der Waals surface area contributed by atoms with Crippen LogP contribution in [0, 0.1) is 13.8 Å². The maximum atomic E-state index is 12.5. The van der Waals surface area contributed by atoms with Crippen LogP contribution in [0.15, 0.2) is 39.5 Å². The summed E-state index contributed by atoms with van der Waals surface area (Å²) in [5.41, 5.74) is 3.71. The Balaban J connectivity index is 2.07. The van der Waals surface area contributed by atoms with Gasteiger partial charge in [-0.1, -0.05) is 50.1 Å². The Labute approximate surface area is 142 Å². The van der Waals surface area contributed by atoms with Crippen molar-refractivity contribution in [3.05, 3.63) is 63.5 Å². The molecule has 0 radical (unpaired) electrons. The zero-order valence-electron chi connectivity index (χ0n) is 14.6. The van der Waals surface area contributed by atoms with Crippen LogP contribution < -0.4 is 5.63 Å². The number of aromatic nitrogens is 2. The van der Waals surface area contributed by atoms with Gasteiger partial charge in [-0.15, -0.1) is 0 Å². The average Bonchev–Trinajstić information content (AvgIpc) is 2.81. The minimum Gasteiger partial charge on any atom is -0.408 e. The van der Waals surface area contributed by atoms with Crippen molar-refractivity contribution < 1.29 is 4.42 Å². The van der Waals surface area contributed by atoms with E-state index in [9.17, 15) is 4.79 Å². The predicted molar refractivity (Wildman–Crippen MR) is 96.5 cm³/mol. The van der Waals surface area contributed by atoms with Crippen molar-refractivity contribution in [3.63, 3.8) is 0 Å². The van der Waals surface area contributed by atoms with E-state index >= 15 is 0 Å². The third-order valence-electron chi connectivity index (χ3n) is 4.62. The monoisotopic (exact) mass is 324 g/mol. The van der Waals surface area contributed by atoms with Crippen LogP contribution in [0.2, 0.25) is 0 Å². The average molecular weight is 324 g/mol. The molecule has 0 unspecified atom stereocenters. The Morgan fingerprint density at radius 3 is 2.58 bits per heavy atom. The lowest BCUT2D eigenvalue weighted by Crippen LogP contribution is -2.08. The lowest BCUT2D eigenvalue weighted by molar-refractivity contribution is 0.434. The number of aryl methyl sites for hydroxylation is 2. The lowest BCUT2D eigenvalue weighted by atomic mass is 10.2. The standard InChI is InChI=1S/C20H24N2O2/c1-4-5-7-12-17-21-19-18(20(23)24-17)14(2)15(3)22(19)13-16-10-8-6-9-11-16/h6,8-11H,4-5,7,12-13H2,1-3H3. The number of fused-ring (bicyclic) bond motifs is 1. The van der Waals surface area contributed by atoms with Crippen molar-refractivity contribution in [2.24, 2.45) is 0 Å². The highest BCUT2D eigenvalue weighted by atomic mass is 16.4. The highest BCUT2D eigenvalue weighted by Crippen LogP contribution is 2.23. The van der Waals surface area contributed by atoms with E-state index in [1.807, 2.05) is 32.0 Å². The maximum absolute atomic E-state index is 12.5. The number of rotatable bonds is 6. The molecule has 4 heteroatoms. The highest BCUT2D eigenvalue weighted by molar-refractivity contribution is 5.80. The summed E-state index contributed by atoms with van der Waals surface area (Å²) in [5, 5.41) is 0.614. The zero-order valence-corrected chi connectivity index (χ0v) is 14.6. The number of hydrogen-bond donors (Lipinski definition) is 0. The summed E-state index contributed by atoms with van der Waals surface area (Å²) in [7, 11) is 0.